The van der Waals surface area contributed by atoms with Gasteiger partial charge < -0.3 is 13.3 Å². The molecule has 0 aliphatic rings. The summed E-state index contributed by atoms with van der Waals surface area (Å²) in [7, 11) is 0.698. The van der Waals surface area contributed by atoms with Crippen LogP contribution in [0.1, 0.15) is 6.92 Å². The normalized spacial score (nSPS) is 10.2. The summed E-state index contributed by atoms with van der Waals surface area (Å²) >= 11 is 4.73. The van der Waals surface area contributed by atoms with Crippen LogP contribution in [0.4, 0.5) is 0 Å². The van der Waals surface area contributed by atoms with Crippen molar-refractivity contribution in [1.29, 1.82) is 0 Å². The molecular formula is C5H13KO3SSi. The van der Waals surface area contributed by atoms with E-state index in [4.69, 9.17) is 25.5 Å². The van der Waals surface area contributed by atoms with E-state index in [1.807, 2.05) is 0 Å². The standard InChI is InChI=1S/C5H12O3SSi.K.H/c1-5(9)8-10(4,6-2)7-3;;/h1-4H3;;. The average Bonchev–Trinajstić information content (AvgIpc) is 1.87. The zero-order chi connectivity index (χ0) is 8.20. The van der Waals surface area contributed by atoms with Crippen molar-refractivity contribution in [2.45, 2.75) is 13.5 Å². The van der Waals surface area contributed by atoms with Gasteiger partial charge in [0.25, 0.3) is 0 Å². The van der Waals surface area contributed by atoms with E-state index in [2.05, 4.69) is 0 Å². The average molecular weight is 220 g/mol. The van der Waals surface area contributed by atoms with Crippen LogP contribution in [0.3, 0.4) is 0 Å². The third-order valence-electron chi connectivity index (χ3n) is 1.07. The van der Waals surface area contributed by atoms with E-state index in [0.717, 1.165) is 0 Å². The van der Waals surface area contributed by atoms with Crippen LogP contribution in [0.15, 0.2) is 0 Å². The van der Waals surface area contributed by atoms with E-state index in [1.54, 1.807) is 27.7 Å². The molecule has 62 valence electrons. The van der Waals surface area contributed by atoms with Gasteiger partial charge in [-0.25, -0.2) is 0 Å². The van der Waals surface area contributed by atoms with Crippen LogP contribution in [0.25, 0.3) is 0 Å². The molecule has 0 saturated carbocycles. The molecule has 0 aromatic rings. The minimum absolute atomic E-state index is 0. The summed E-state index contributed by atoms with van der Waals surface area (Å²) in [6, 6.07) is 0. The SMILES string of the molecule is CO[Si](C)(OC)OC(C)=S.[KH]. The van der Waals surface area contributed by atoms with Gasteiger partial charge in [-0.3, -0.25) is 0 Å². The summed E-state index contributed by atoms with van der Waals surface area (Å²) in [6.45, 7) is 3.47. The monoisotopic (exact) mass is 220 g/mol. The van der Waals surface area contributed by atoms with Crippen LogP contribution in [0.5, 0.6) is 0 Å². The predicted octanol–water partition coefficient (Wildman–Crippen LogP) is 0.563. The van der Waals surface area contributed by atoms with Crippen molar-refractivity contribution in [2.24, 2.45) is 0 Å². The number of rotatable bonds is 3. The maximum absolute atomic E-state index is 5.16. The quantitative estimate of drug-likeness (QED) is 0.513. The van der Waals surface area contributed by atoms with Gasteiger partial charge in [-0.2, -0.15) is 0 Å². The summed E-state index contributed by atoms with van der Waals surface area (Å²) < 4.78 is 15.2. The Morgan fingerprint density at radius 3 is 1.73 bits per heavy atom. The second-order valence-corrected chi connectivity index (χ2v) is 5.18. The molecule has 3 nitrogen and oxygen atoms in total. The van der Waals surface area contributed by atoms with Crippen LogP contribution < -0.4 is 0 Å². The first kappa shape index (κ1) is 15.1. The maximum atomic E-state index is 5.16. The van der Waals surface area contributed by atoms with Gasteiger partial charge in [0.1, 0.15) is 5.05 Å². The summed E-state index contributed by atoms with van der Waals surface area (Å²) in [5.41, 5.74) is 0. The van der Waals surface area contributed by atoms with E-state index in [0.29, 0.717) is 5.05 Å². The van der Waals surface area contributed by atoms with Crippen molar-refractivity contribution in [3.63, 3.8) is 0 Å². The Balaban J connectivity index is 0. The molecule has 0 unspecified atom stereocenters. The molecule has 0 aromatic carbocycles. The molecule has 0 N–H and O–H groups in total. The van der Waals surface area contributed by atoms with Gasteiger partial charge in [0.05, 0.1) is 0 Å². The molecule has 6 heteroatoms. The topological polar surface area (TPSA) is 27.7 Å². The molecule has 0 rings (SSSR count). The summed E-state index contributed by atoms with van der Waals surface area (Å²) in [6.07, 6.45) is 0. The molecule has 0 spiro atoms. The molecule has 11 heavy (non-hydrogen) atoms. The minimum atomic E-state index is -2.40. The van der Waals surface area contributed by atoms with Gasteiger partial charge in [0.2, 0.25) is 0 Å². The van der Waals surface area contributed by atoms with E-state index in [-0.39, 0.29) is 51.4 Å². The number of hydrogen-bond acceptors (Lipinski definition) is 4. The fourth-order valence-corrected chi connectivity index (χ4v) is 1.74. The second kappa shape index (κ2) is 7.10. The Morgan fingerprint density at radius 2 is 1.64 bits per heavy atom. The summed E-state index contributed by atoms with van der Waals surface area (Å²) in [5, 5.41) is 0.456. The van der Waals surface area contributed by atoms with Gasteiger partial charge in [-0.1, -0.05) is 0 Å². The Labute approximate surface area is 117 Å². The van der Waals surface area contributed by atoms with Crippen LogP contribution >= 0.6 is 12.2 Å². The van der Waals surface area contributed by atoms with Crippen LogP contribution in [0, 0.1) is 0 Å². The summed E-state index contributed by atoms with van der Waals surface area (Å²) in [5.74, 6) is 0. The first-order valence-electron chi connectivity index (χ1n) is 2.84. The molecule has 0 atom stereocenters. The Morgan fingerprint density at radius 1 is 1.27 bits per heavy atom. The molecule has 0 aliphatic heterocycles. The molecule has 0 bridgehead atoms. The molecule has 0 aliphatic carbocycles. The second-order valence-electron chi connectivity index (χ2n) is 1.86. The third kappa shape index (κ3) is 6.79. The fraction of sp³-hybridized carbons (Fsp3) is 0.800. The van der Waals surface area contributed by atoms with E-state index in [1.165, 1.54) is 0 Å². The van der Waals surface area contributed by atoms with Crippen LogP contribution in [-0.2, 0) is 13.3 Å². The van der Waals surface area contributed by atoms with Gasteiger partial charge >= 0.3 is 60.2 Å². The molecule has 0 radical (unpaired) electrons. The van der Waals surface area contributed by atoms with E-state index in [9.17, 15) is 0 Å². The molecular weight excluding hydrogens is 207 g/mol. The zero-order valence-electron chi connectivity index (χ0n) is 6.63. The number of hydrogen-bond donors (Lipinski definition) is 0. The zero-order valence-corrected chi connectivity index (χ0v) is 8.45. The predicted molar refractivity (Wildman–Crippen MR) is 52.1 cm³/mol. The van der Waals surface area contributed by atoms with Gasteiger partial charge in [0, 0.05) is 27.7 Å². The van der Waals surface area contributed by atoms with Gasteiger partial charge in [-0.15, -0.1) is 0 Å². The van der Waals surface area contributed by atoms with Crippen molar-refractivity contribution in [3.05, 3.63) is 0 Å². The Hall–Kier alpha value is 1.66. The van der Waals surface area contributed by atoms with Crippen molar-refractivity contribution in [3.8, 4) is 0 Å². The molecule has 0 aromatic heterocycles. The van der Waals surface area contributed by atoms with Crippen LogP contribution in [-0.4, -0.2) is 79.5 Å². The van der Waals surface area contributed by atoms with Crippen molar-refractivity contribution < 1.29 is 13.3 Å². The van der Waals surface area contributed by atoms with Crippen LogP contribution in [0.2, 0.25) is 6.55 Å². The third-order valence-corrected chi connectivity index (χ3v) is 3.46. The van der Waals surface area contributed by atoms with Gasteiger partial charge in [0.15, 0.2) is 0 Å². The molecule has 0 amide bonds. The molecule has 0 fully saturated rings. The van der Waals surface area contributed by atoms with Crippen molar-refractivity contribution >= 4 is 77.5 Å². The van der Waals surface area contributed by atoms with E-state index < -0.39 is 8.80 Å². The van der Waals surface area contributed by atoms with Crippen molar-refractivity contribution in [2.75, 3.05) is 14.2 Å². The Bertz CT molecular complexity index is 129. The fourth-order valence-electron chi connectivity index (χ4n) is 0.428. The summed E-state index contributed by atoms with van der Waals surface area (Å²) in [4.78, 5) is 0. The Kier molecular flexibility index (Phi) is 9.78. The van der Waals surface area contributed by atoms with Gasteiger partial charge in [-0.05, 0) is 12.2 Å². The molecule has 0 saturated heterocycles. The first-order chi connectivity index (χ1) is 4.54. The van der Waals surface area contributed by atoms with E-state index >= 15 is 0 Å². The number of thiocarbonyl (C=S) groups is 1. The van der Waals surface area contributed by atoms with Crippen molar-refractivity contribution in [1.82, 2.24) is 0 Å². The first-order valence-corrected chi connectivity index (χ1v) is 5.47. The molecule has 0 heterocycles.